The maximum atomic E-state index is 12.0. The minimum Gasteiger partial charge on any atom is -0.464 e. The summed E-state index contributed by atoms with van der Waals surface area (Å²) in [5, 5.41) is 15.9. The third kappa shape index (κ3) is 67.1. The van der Waals surface area contributed by atoms with E-state index in [0.717, 1.165) is 74.4 Å². The molecule has 6 amide bonds. The first-order valence-corrected chi connectivity index (χ1v) is 59.7. The van der Waals surface area contributed by atoms with Gasteiger partial charge in [0, 0.05) is 45.1 Å². The molecule has 7 N–H and O–H groups in total. The van der Waals surface area contributed by atoms with Crippen LogP contribution in [0.15, 0.2) is 0 Å². The average molecular weight is 1930 g/mol. The van der Waals surface area contributed by atoms with Crippen molar-refractivity contribution in [3.8, 4) is 0 Å². The summed E-state index contributed by atoms with van der Waals surface area (Å²) in [5.74, 6) is 10.1. The zero-order chi connectivity index (χ0) is 94.9. The summed E-state index contributed by atoms with van der Waals surface area (Å²) in [5.41, 5.74) is 0. The fourth-order valence-corrected chi connectivity index (χ4v) is 22.1. The second-order valence-electron chi connectivity index (χ2n) is 34.9. The van der Waals surface area contributed by atoms with Gasteiger partial charge in [0.05, 0.1) is 68.8 Å². The molecule has 0 bridgehead atoms. The van der Waals surface area contributed by atoms with E-state index in [0.29, 0.717) is 107 Å². The molecule has 6 aliphatic rings. The number of sulfonamides is 1. The van der Waals surface area contributed by atoms with Crippen LogP contribution in [0, 0.1) is 0 Å². The van der Waals surface area contributed by atoms with Crippen molar-refractivity contribution in [3.05, 3.63) is 0 Å². The van der Waals surface area contributed by atoms with Crippen LogP contribution in [0.5, 0.6) is 0 Å². The van der Waals surface area contributed by atoms with E-state index < -0.39 is 94.6 Å². The van der Waals surface area contributed by atoms with Crippen LogP contribution in [-0.2, 0) is 123 Å². The summed E-state index contributed by atoms with van der Waals surface area (Å²) in [7, 11) is -8.18. The number of cyclic esters (lactones) is 5. The topological polar surface area (TPSA) is 403 Å². The lowest BCUT2D eigenvalue weighted by Gasteiger charge is -2.15. The van der Waals surface area contributed by atoms with Crippen molar-refractivity contribution >= 4 is 145 Å². The Hall–Kier alpha value is -5.16. The van der Waals surface area contributed by atoms with Gasteiger partial charge in [-0.15, -0.1) is 0 Å². The van der Waals surface area contributed by atoms with Gasteiger partial charge in [0.1, 0.15) is 53.2 Å². The van der Waals surface area contributed by atoms with Crippen LogP contribution in [0.4, 0.5) is 0 Å². The van der Waals surface area contributed by atoms with E-state index in [1.807, 2.05) is 0 Å². The van der Waals surface area contributed by atoms with E-state index in [1.54, 1.807) is 11.8 Å². The number of unbranched alkanes of at least 4 members (excludes halogenated alkanes) is 35. The number of thioether (sulfide) groups is 1. The molecule has 6 fully saturated rings. The Morgan fingerprint density at radius 3 is 0.969 bits per heavy atom. The van der Waals surface area contributed by atoms with E-state index in [2.05, 4.69) is 102 Å². The molecule has 0 aromatic carbocycles. The summed E-state index contributed by atoms with van der Waals surface area (Å²) in [6.07, 6.45) is 58.8. The van der Waals surface area contributed by atoms with Crippen LogP contribution in [0.3, 0.4) is 0 Å². The van der Waals surface area contributed by atoms with Gasteiger partial charge in [-0.05, 0) is 97.5 Å². The largest absolute Gasteiger partial charge is 0.464 e. The molecule has 6 rings (SSSR count). The highest BCUT2D eigenvalue weighted by Gasteiger charge is 2.34. The molecule has 128 heavy (non-hydrogen) atoms. The number of hydrogen-bond acceptors (Lipinski definition) is 22. The highest BCUT2D eigenvalue weighted by Crippen LogP contribution is 2.24. The van der Waals surface area contributed by atoms with Gasteiger partial charge in [0.15, 0.2) is 27.1 Å². The van der Waals surface area contributed by atoms with Crippen molar-refractivity contribution in [1.29, 1.82) is 0 Å². The Bertz CT molecular complexity index is 3180. The van der Waals surface area contributed by atoms with Crippen molar-refractivity contribution in [3.63, 3.8) is 0 Å². The molecule has 0 radical (unpaired) electrons. The van der Waals surface area contributed by atoms with Crippen molar-refractivity contribution in [2.24, 2.45) is 0 Å². The predicted molar refractivity (Wildman–Crippen MR) is 527 cm³/mol. The summed E-state index contributed by atoms with van der Waals surface area (Å²) in [6.45, 7) is 15.5. The van der Waals surface area contributed by atoms with E-state index in [-0.39, 0.29) is 87.4 Å². The van der Waals surface area contributed by atoms with Crippen LogP contribution >= 0.6 is 21.0 Å². The molecular weight excluding hydrogens is 1760 g/mol. The summed E-state index contributed by atoms with van der Waals surface area (Å²) in [4.78, 5) is 138. The van der Waals surface area contributed by atoms with Gasteiger partial charge in [-0.3, -0.25) is 33.6 Å². The molecule has 34 heteroatoms. The molecule has 0 aromatic heterocycles. The lowest BCUT2D eigenvalue weighted by molar-refractivity contribution is -0.141. The minimum atomic E-state index is -3.61. The highest BCUT2D eigenvalue weighted by molar-refractivity contribution is 8.28. The number of carbonyl (C=O) groups is 12. The molecule has 5 heterocycles. The second-order valence-corrected chi connectivity index (χ2v) is 47.6. The maximum absolute atomic E-state index is 12.0. The number of Topliss-reactive ketones (excluding diaryl/α,β-unsaturated/α-hetero) is 1. The van der Waals surface area contributed by atoms with Crippen LogP contribution in [-0.4, -0.2) is 251 Å². The Labute approximate surface area is 782 Å². The first kappa shape index (κ1) is 121. The van der Waals surface area contributed by atoms with Crippen LogP contribution < -0.4 is 36.6 Å². The van der Waals surface area contributed by atoms with E-state index >= 15 is 0 Å². The number of ether oxygens (including phenoxy) is 5. The SMILES string of the molecule is C=S(=C)(CCCCCCCCC)CC(=O)N[C@H]1CCOC1=O.CCCCCCCCCS(=O)(=O)CC(=O)N[C@H]1CCOC1=O.CCCCCCCCCSCC(=O)N[C@H]1CCOC1=O.CCCCCCCCC[S+](C)CC(=O)N[C@H]1CCOC1=O.CCCCCCCCC[S+](C)CC(=O)N[C@H]1CCOC1=O.CCCCCCCCNS(=O)(=O)CC(=O)N[C@H]1CCCC1=O. The number of amides is 6. The molecule has 0 spiro atoms. The summed E-state index contributed by atoms with van der Waals surface area (Å²) in [6, 6.07) is -2.90. The zero-order valence-corrected chi connectivity index (χ0v) is 85.0. The highest BCUT2D eigenvalue weighted by atomic mass is 32.2. The minimum absolute atomic E-state index is 0.00682. The molecule has 1 saturated carbocycles. The van der Waals surface area contributed by atoms with E-state index in [4.69, 9.17) is 23.7 Å². The van der Waals surface area contributed by atoms with Gasteiger partial charge < -0.3 is 55.6 Å². The fourth-order valence-electron chi connectivity index (χ4n) is 14.7. The number of sulfone groups is 1. The zero-order valence-electron chi connectivity index (χ0n) is 80.1. The molecule has 5 saturated heterocycles. The first-order valence-electron chi connectivity index (χ1n) is 48.8. The first-order chi connectivity index (χ1) is 61.3. The van der Waals surface area contributed by atoms with Crippen molar-refractivity contribution < 1.29 is 98.1 Å². The lowest BCUT2D eigenvalue weighted by atomic mass is 10.1. The Balaban J connectivity index is 0.000000768. The monoisotopic (exact) mass is 1930 g/mol. The van der Waals surface area contributed by atoms with Gasteiger partial charge in [-0.25, -0.2) is 54.7 Å². The Morgan fingerprint density at radius 1 is 0.344 bits per heavy atom. The second kappa shape index (κ2) is 77.2. The number of nitrogens with one attached hydrogen (secondary N) is 7. The molecule has 1 aliphatic carbocycles. The molecule has 28 nitrogen and oxygen atoms in total. The number of ketones is 1. The third-order valence-corrected chi connectivity index (χ3v) is 31.7. The third-order valence-electron chi connectivity index (χ3n) is 22.3. The molecule has 744 valence electrons. The van der Waals surface area contributed by atoms with Gasteiger partial charge in [-0.1, -0.05) is 265 Å². The van der Waals surface area contributed by atoms with Gasteiger partial charge >= 0.3 is 29.8 Å². The van der Waals surface area contributed by atoms with Gasteiger partial charge in [0.25, 0.3) is 11.8 Å². The summed E-state index contributed by atoms with van der Waals surface area (Å²) < 4.78 is 73.7. The molecule has 0 aromatic rings. The fraction of sp³-hybridized carbons (Fsp3) is 0.851. The van der Waals surface area contributed by atoms with E-state index in [9.17, 15) is 74.4 Å². The predicted octanol–water partition coefficient (Wildman–Crippen LogP) is 13.7. The van der Waals surface area contributed by atoms with Gasteiger partial charge in [0.2, 0.25) is 33.7 Å². The normalized spacial score (nSPS) is 18.6. The molecular formula is C94H173N7O21S6+2. The van der Waals surface area contributed by atoms with Crippen molar-refractivity contribution in [1.82, 2.24) is 36.6 Å². The quantitative estimate of drug-likeness (QED) is 0.00977. The van der Waals surface area contributed by atoms with E-state index in [1.165, 1.54) is 212 Å². The van der Waals surface area contributed by atoms with Crippen LogP contribution in [0.25, 0.3) is 0 Å². The molecule has 2 unspecified atom stereocenters. The smallest absolute Gasteiger partial charge is 0.328 e. The average Bonchev–Trinajstić information content (AvgIpc) is 1.40. The number of carbonyl (C=O) groups excluding carboxylic acids is 12. The summed E-state index contributed by atoms with van der Waals surface area (Å²) >= 11 is 1.65. The number of hydrogen-bond donors (Lipinski definition) is 7. The Morgan fingerprint density at radius 2 is 0.633 bits per heavy atom. The Kier molecular flexibility index (Phi) is 72.9. The maximum Gasteiger partial charge on any atom is 0.328 e. The van der Waals surface area contributed by atoms with Crippen molar-refractivity contribution in [2.75, 3.05) is 115 Å². The number of esters is 5. The van der Waals surface area contributed by atoms with Crippen LogP contribution in [0.1, 0.15) is 356 Å². The number of rotatable bonds is 66. The standard InChI is InChI=1S/C17H31NO3S.2C16H29NO3S.C15H28N2O4S.C15H27NO5S.C15H27NO3S/c1-4-5-6-7-8-9-10-13-22(2,3)14-16(19)18-15-11-12-21-17(15)20;2*1-3-4-5-6-7-8-9-12-21(2)13-15(18)17-14-10-11-20-16(14)19;1-2-3-4-5-6-7-11-16-22(20,21)12-15(19)17-13-9-8-10-14(13)18;1-2-3-4-5-6-7-8-11-22(19,20)12-14(17)16-13-9-10-21-15(13)18;1-2-3-4-5-6-7-8-11-20-12-14(17)16-13-9-10-19-15(13)18/h15H,2-14H2,1H3,(H,18,19);2*14H,3-13H2,1-2H3;13,16H,2-12H2,1H3,(H,17,19);13H,2-12H2,1H3,(H,16,17);13H,2-12H2,1H3,(H,16,17)/p+2/t15-;2*14-,21?;3*13-/m000000/s1. The van der Waals surface area contributed by atoms with Gasteiger partial charge in [-0.2, -0.15) is 11.8 Å². The molecule has 5 aliphatic heterocycles. The lowest BCUT2D eigenvalue weighted by Crippen LogP contribution is -2.43. The molecule has 8 atom stereocenters. The van der Waals surface area contributed by atoms with Crippen molar-refractivity contribution in [2.45, 2.75) is 392 Å². The van der Waals surface area contributed by atoms with Crippen LogP contribution in [0.2, 0.25) is 0 Å².